The Hall–Kier alpha value is -3.48. The Morgan fingerprint density at radius 1 is 1.03 bits per heavy atom. The summed E-state index contributed by atoms with van der Waals surface area (Å²) >= 11 is 0. The molecule has 4 rings (SSSR count). The zero-order chi connectivity index (χ0) is 21.5. The van der Waals surface area contributed by atoms with Crippen molar-refractivity contribution in [1.29, 1.82) is 0 Å². The van der Waals surface area contributed by atoms with Crippen LogP contribution in [-0.4, -0.2) is 53.5 Å². The second kappa shape index (κ2) is 10.0. The predicted octanol–water partition coefficient (Wildman–Crippen LogP) is 3.36. The van der Waals surface area contributed by atoms with Gasteiger partial charge in [-0.3, -0.25) is 4.68 Å². The summed E-state index contributed by atoms with van der Waals surface area (Å²) in [4.78, 5) is 16.9. The van der Waals surface area contributed by atoms with Gasteiger partial charge in [-0.15, -0.1) is 0 Å². The number of hydrogen-bond acceptors (Lipinski definition) is 4. The summed E-state index contributed by atoms with van der Waals surface area (Å²) in [6.45, 7) is 6.82. The van der Waals surface area contributed by atoms with E-state index in [9.17, 15) is 4.79 Å². The van der Waals surface area contributed by atoms with Crippen molar-refractivity contribution in [3.05, 3.63) is 78.1 Å². The molecular formula is C24H29N5O2. The molecule has 162 valence electrons. The van der Waals surface area contributed by atoms with Crippen molar-refractivity contribution >= 4 is 11.7 Å². The van der Waals surface area contributed by atoms with E-state index in [1.165, 1.54) is 0 Å². The summed E-state index contributed by atoms with van der Waals surface area (Å²) in [6, 6.07) is 18.2. The van der Waals surface area contributed by atoms with Crippen molar-refractivity contribution < 1.29 is 9.53 Å². The van der Waals surface area contributed by atoms with Crippen molar-refractivity contribution in [3.8, 4) is 5.75 Å². The van der Waals surface area contributed by atoms with Gasteiger partial charge < -0.3 is 19.9 Å². The minimum Gasteiger partial charge on any atom is -0.492 e. The maximum atomic E-state index is 12.7. The molecule has 1 aliphatic heterocycles. The maximum Gasteiger partial charge on any atom is 0.317 e. The van der Waals surface area contributed by atoms with E-state index in [0.29, 0.717) is 26.2 Å². The molecule has 0 saturated carbocycles. The van der Waals surface area contributed by atoms with Crippen molar-refractivity contribution in [2.75, 3.05) is 37.7 Å². The van der Waals surface area contributed by atoms with Crippen molar-refractivity contribution in [1.82, 2.24) is 20.0 Å². The molecule has 1 fully saturated rings. The third-order valence-corrected chi connectivity index (χ3v) is 5.41. The number of anilines is 1. The number of amides is 2. The van der Waals surface area contributed by atoms with Crippen LogP contribution in [-0.2, 0) is 13.1 Å². The number of aromatic nitrogens is 2. The van der Waals surface area contributed by atoms with E-state index in [4.69, 9.17) is 4.74 Å². The maximum absolute atomic E-state index is 12.7. The number of benzene rings is 2. The van der Waals surface area contributed by atoms with Gasteiger partial charge in [0.1, 0.15) is 5.75 Å². The van der Waals surface area contributed by atoms with Crippen molar-refractivity contribution in [2.24, 2.45) is 0 Å². The fraction of sp³-hybridized carbons (Fsp3) is 0.333. The number of para-hydroxylation sites is 2. The molecule has 2 heterocycles. The summed E-state index contributed by atoms with van der Waals surface area (Å²) in [5, 5.41) is 7.31. The van der Waals surface area contributed by atoms with Gasteiger partial charge in [-0.2, -0.15) is 5.10 Å². The molecule has 3 aromatic rings. The second-order valence-electron chi connectivity index (χ2n) is 7.56. The van der Waals surface area contributed by atoms with Gasteiger partial charge in [-0.05, 0) is 36.2 Å². The Morgan fingerprint density at radius 3 is 2.61 bits per heavy atom. The van der Waals surface area contributed by atoms with E-state index < -0.39 is 0 Å². The lowest BCUT2D eigenvalue weighted by Gasteiger charge is -2.36. The quantitative estimate of drug-likeness (QED) is 0.638. The van der Waals surface area contributed by atoms with Gasteiger partial charge >= 0.3 is 6.03 Å². The molecule has 0 aliphatic carbocycles. The van der Waals surface area contributed by atoms with Crippen molar-refractivity contribution in [2.45, 2.75) is 20.0 Å². The average Bonchev–Trinajstić information content (AvgIpc) is 3.31. The Balaban J connectivity index is 1.28. The first-order valence-corrected chi connectivity index (χ1v) is 10.8. The number of ether oxygens (including phenoxy) is 1. The number of urea groups is 1. The van der Waals surface area contributed by atoms with Crippen LogP contribution >= 0.6 is 0 Å². The molecule has 7 nitrogen and oxygen atoms in total. The lowest BCUT2D eigenvalue weighted by atomic mass is 10.1. The molecule has 2 aromatic carbocycles. The average molecular weight is 420 g/mol. The number of hydrogen-bond donors (Lipinski definition) is 1. The molecule has 7 heteroatoms. The fourth-order valence-electron chi connectivity index (χ4n) is 3.85. The number of rotatable bonds is 7. The summed E-state index contributed by atoms with van der Waals surface area (Å²) in [5.41, 5.74) is 3.35. The number of piperazine rings is 1. The van der Waals surface area contributed by atoms with E-state index in [2.05, 4.69) is 33.5 Å². The van der Waals surface area contributed by atoms with Crippen LogP contribution in [0.25, 0.3) is 0 Å². The number of nitrogens with one attached hydrogen (secondary N) is 1. The highest BCUT2D eigenvalue weighted by Crippen LogP contribution is 2.28. The van der Waals surface area contributed by atoms with E-state index in [1.54, 1.807) is 6.20 Å². The van der Waals surface area contributed by atoms with Crippen molar-refractivity contribution in [3.63, 3.8) is 0 Å². The first-order chi connectivity index (χ1) is 15.2. The minimum atomic E-state index is -0.0183. The van der Waals surface area contributed by atoms with Crippen LogP contribution in [0.2, 0.25) is 0 Å². The topological polar surface area (TPSA) is 62.6 Å². The van der Waals surface area contributed by atoms with Crippen LogP contribution in [0.3, 0.4) is 0 Å². The van der Waals surface area contributed by atoms with Gasteiger partial charge in [0, 0.05) is 45.1 Å². The lowest BCUT2D eigenvalue weighted by Crippen LogP contribution is -2.51. The number of carbonyl (C=O) groups excluding carboxylic acids is 1. The highest BCUT2D eigenvalue weighted by molar-refractivity contribution is 5.74. The molecule has 0 atom stereocenters. The highest BCUT2D eigenvalue weighted by atomic mass is 16.5. The smallest absolute Gasteiger partial charge is 0.317 e. The van der Waals surface area contributed by atoms with E-state index in [0.717, 1.165) is 42.2 Å². The third kappa shape index (κ3) is 5.36. The Labute approximate surface area is 183 Å². The monoisotopic (exact) mass is 419 g/mol. The molecular weight excluding hydrogens is 390 g/mol. The molecule has 2 amide bonds. The number of carbonyl (C=O) groups is 1. The molecule has 0 radical (unpaired) electrons. The Morgan fingerprint density at radius 2 is 1.84 bits per heavy atom. The number of nitrogens with zero attached hydrogens (tertiary/aromatic N) is 4. The van der Waals surface area contributed by atoms with Crippen LogP contribution < -0.4 is 15.0 Å². The van der Waals surface area contributed by atoms with Gasteiger partial charge in [0.2, 0.25) is 0 Å². The summed E-state index contributed by atoms with van der Waals surface area (Å²) in [5.74, 6) is 0.901. The standard InChI is InChI=1S/C24H29N5O2/c1-2-31-23-10-4-3-9-22(23)27-13-15-28(16-14-27)24(30)25-18-20-7-5-8-21(17-20)19-29-12-6-11-26-29/h3-12,17H,2,13-16,18-19H2,1H3,(H,25,30). The summed E-state index contributed by atoms with van der Waals surface area (Å²) < 4.78 is 7.64. The molecule has 1 N–H and O–H groups in total. The summed E-state index contributed by atoms with van der Waals surface area (Å²) in [6.07, 6.45) is 3.72. The van der Waals surface area contributed by atoms with E-state index >= 15 is 0 Å². The molecule has 31 heavy (non-hydrogen) atoms. The first kappa shape index (κ1) is 20.8. The molecule has 0 bridgehead atoms. The van der Waals surface area contributed by atoms with Gasteiger partial charge in [-0.25, -0.2) is 4.79 Å². The highest BCUT2D eigenvalue weighted by Gasteiger charge is 2.22. The summed E-state index contributed by atoms with van der Waals surface area (Å²) in [7, 11) is 0. The van der Waals surface area contributed by atoms with Crippen LogP contribution in [0.1, 0.15) is 18.1 Å². The lowest BCUT2D eigenvalue weighted by molar-refractivity contribution is 0.194. The molecule has 0 unspecified atom stereocenters. The van der Waals surface area contributed by atoms with E-state index in [1.807, 2.05) is 59.1 Å². The zero-order valence-electron chi connectivity index (χ0n) is 17.9. The van der Waals surface area contributed by atoms with Crippen LogP contribution in [0.4, 0.5) is 10.5 Å². The molecule has 1 aliphatic rings. The Bertz CT molecular complexity index is 981. The largest absolute Gasteiger partial charge is 0.492 e. The Kier molecular flexibility index (Phi) is 6.72. The first-order valence-electron chi connectivity index (χ1n) is 10.8. The van der Waals surface area contributed by atoms with Gasteiger partial charge in [-0.1, -0.05) is 36.4 Å². The van der Waals surface area contributed by atoms with Crippen LogP contribution in [0.5, 0.6) is 5.75 Å². The van der Waals surface area contributed by atoms with Gasteiger partial charge in [0.05, 0.1) is 18.8 Å². The molecule has 1 aromatic heterocycles. The van der Waals surface area contributed by atoms with Gasteiger partial charge in [0.25, 0.3) is 0 Å². The van der Waals surface area contributed by atoms with Crippen LogP contribution in [0.15, 0.2) is 67.0 Å². The molecule has 0 spiro atoms. The van der Waals surface area contributed by atoms with E-state index in [-0.39, 0.29) is 6.03 Å². The molecule has 1 saturated heterocycles. The predicted molar refractivity (Wildman–Crippen MR) is 121 cm³/mol. The zero-order valence-corrected chi connectivity index (χ0v) is 17.9. The SMILES string of the molecule is CCOc1ccccc1N1CCN(C(=O)NCc2cccc(Cn3cccn3)c2)CC1. The fourth-order valence-corrected chi connectivity index (χ4v) is 3.85. The van der Waals surface area contributed by atoms with Crippen LogP contribution in [0, 0.1) is 0 Å². The minimum absolute atomic E-state index is 0.0183. The third-order valence-electron chi connectivity index (χ3n) is 5.41. The normalized spacial score (nSPS) is 13.8. The van der Waals surface area contributed by atoms with Gasteiger partial charge in [0.15, 0.2) is 0 Å². The second-order valence-corrected chi connectivity index (χ2v) is 7.56.